The molecule has 0 aliphatic carbocycles. The fraction of sp³-hybridized carbons (Fsp3) is 0.0714. The van der Waals surface area contributed by atoms with Crippen molar-refractivity contribution in [3.05, 3.63) is 49.5 Å². The molecule has 3 heterocycles. The molecule has 1 aliphatic heterocycles. The Bertz CT molecular complexity index is 750. The van der Waals surface area contributed by atoms with Crippen molar-refractivity contribution in [2.24, 2.45) is 4.99 Å². The minimum atomic E-state index is -0.454. The van der Waals surface area contributed by atoms with Gasteiger partial charge in [-0.05, 0) is 52.4 Å². The highest BCUT2D eigenvalue weighted by Crippen LogP contribution is 2.24. The minimum absolute atomic E-state index is 0.264. The number of pyridine rings is 1. The Morgan fingerprint density at radius 3 is 2.81 bits per heavy atom. The summed E-state index contributed by atoms with van der Waals surface area (Å²) in [5, 5.41) is 0. The summed E-state index contributed by atoms with van der Waals surface area (Å²) in [5.41, 5.74) is 1.02. The number of rotatable bonds is 3. The van der Waals surface area contributed by atoms with Crippen LogP contribution in [0, 0.1) is 2.88 Å². The van der Waals surface area contributed by atoms with Crippen molar-refractivity contribution >= 4 is 51.9 Å². The molecule has 0 fully saturated rings. The van der Waals surface area contributed by atoms with Crippen molar-refractivity contribution in [1.29, 1.82) is 0 Å². The lowest BCUT2D eigenvalue weighted by atomic mass is 10.2. The number of methoxy groups -OCH3 is 1. The number of carbonyl (C=O) groups excluding carboxylic acids is 1. The highest BCUT2D eigenvalue weighted by Gasteiger charge is 2.25. The predicted molar refractivity (Wildman–Crippen MR) is 88.4 cm³/mol. The van der Waals surface area contributed by atoms with Crippen LogP contribution in [-0.4, -0.2) is 24.0 Å². The van der Waals surface area contributed by atoms with Gasteiger partial charge in [-0.2, -0.15) is 0 Å². The number of hydrogen-bond donors (Lipinski definition) is 0. The van der Waals surface area contributed by atoms with E-state index in [4.69, 9.17) is 9.47 Å². The van der Waals surface area contributed by atoms with Gasteiger partial charge in [-0.25, -0.2) is 14.8 Å². The van der Waals surface area contributed by atoms with Crippen molar-refractivity contribution in [1.82, 2.24) is 4.98 Å². The monoisotopic (exact) mass is 412 g/mol. The van der Waals surface area contributed by atoms with E-state index in [0.717, 1.165) is 13.3 Å². The molecule has 2 aromatic rings. The summed E-state index contributed by atoms with van der Waals surface area (Å²) in [6, 6.07) is 7.36. The van der Waals surface area contributed by atoms with Gasteiger partial charge in [0.05, 0.1) is 14.9 Å². The molecule has 7 heteroatoms. The number of carbonyl (C=O) groups is 1. The molecule has 0 saturated heterocycles. The van der Waals surface area contributed by atoms with E-state index in [0.29, 0.717) is 11.8 Å². The van der Waals surface area contributed by atoms with Crippen LogP contribution in [0.4, 0.5) is 0 Å². The average molecular weight is 412 g/mol. The number of esters is 1. The number of ether oxygens (including phenoxy) is 2. The zero-order valence-electron chi connectivity index (χ0n) is 10.9. The SMILES string of the molecule is COc1ccc(/C=C2/N=C(c3ccc(I)s3)OC2=O)cn1. The second kappa shape index (κ2) is 5.94. The molecule has 21 heavy (non-hydrogen) atoms. The molecule has 0 saturated carbocycles. The maximum Gasteiger partial charge on any atom is 0.363 e. The van der Waals surface area contributed by atoms with Gasteiger partial charge < -0.3 is 9.47 Å². The molecule has 1 aliphatic rings. The van der Waals surface area contributed by atoms with Gasteiger partial charge >= 0.3 is 5.97 Å². The summed E-state index contributed by atoms with van der Waals surface area (Å²) in [6.45, 7) is 0. The van der Waals surface area contributed by atoms with Gasteiger partial charge in [0.1, 0.15) is 0 Å². The topological polar surface area (TPSA) is 60.8 Å². The molecule has 0 unspecified atom stereocenters. The summed E-state index contributed by atoms with van der Waals surface area (Å²) >= 11 is 3.73. The van der Waals surface area contributed by atoms with Crippen LogP contribution in [0.1, 0.15) is 10.4 Å². The van der Waals surface area contributed by atoms with Gasteiger partial charge in [-0.15, -0.1) is 11.3 Å². The molecular weight excluding hydrogens is 403 g/mol. The van der Waals surface area contributed by atoms with E-state index in [-0.39, 0.29) is 5.70 Å². The number of halogens is 1. The predicted octanol–water partition coefficient (Wildman–Crippen LogP) is 3.10. The van der Waals surface area contributed by atoms with Crippen molar-refractivity contribution in [2.45, 2.75) is 0 Å². The number of nitrogens with zero attached hydrogens (tertiary/aromatic N) is 2. The molecule has 0 spiro atoms. The molecule has 0 N–H and O–H groups in total. The molecule has 0 radical (unpaired) electrons. The van der Waals surface area contributed by atoms with Crippen LogP contribution in [0.25, 0.3) is 6.08 Å². The quantitative estimate of drug-likeness (QED) is 0.442. The molecule has 0 bridgehead atoms. The summed E-state index contributed by atoms with van der Waals surface area (Å²) in [6.07, 6.45) is 3.25. The van der Waals surface area contributed by atoms with E-state index < -0.39 is 5.97 Å². The van der Waals surface area contributed by atoms with Crippen LogP contribution in [0.3, 0.4) is 0 Å². The third kappa shape index (κ3) is 3.13. The van der Waals surface area contributed by atoms with Crippen molar-refractivity contribution < 1.29 is 14.3 Å². The zero-order valence-corrected chi connectivity index (χ0v) is 13.8. The third-order valence-corrected chi connectivity index (χ3v) is 4.56. The smallest absolute Gasteiger partial charge is 0.363 e. The van der Waals surface area contributed by atoms with Crippen molar-refractivity contribution in [3.8, 4) is 5.88 Å². The zero-order chi connectivity index (χ0) is 14.8. The highest BCUT2D eigenvalue weighted by atomic mass is 127. The van der Waals surface area contributed by atoms with Gasteiger partial charge in [-0.3, -0.25) is 0 Å². The van der Waals surface area contributed by atoms with Crippen LogP contribution < -0.4 is 4.74 Å². The number of aliphatic imine (C=N–C) groups is 1. The number of cyclic esters (lactones) is 1. The second-order valence-corrected chi connectivity index (χ2v) is 7.05. The van der Waals surface area contributed by atoms with Gasteiger partial charge in [0, 0.05) is 12.3 Å². The van der Waals surface area contributed by atoms with Gasteiger partial charge in [-0.1, -0.05) is 0 Å². The van der Waals surface area contributed by atoms with Crippen LogP contribution in [-0.2, 0) is 9.53 Å². The maximum atomic E-state index is 11.8. The lowest BCUT2D eigenvalue weighted by Crippen LogP contribution is -2.03. The van der Waals surface area contributed by atoms with E-state index >= 15 is 0 Å². The third-order valence-electron chi connectivity index (χ3n) is 2.68. The Hall–Kier alpha value is -1.74. The molecule has 0 atom stereocenters. The first-order valence-corrected chi connectivity index (χ1v) is 7.83. The second-order valence-electron chi connectivity index (χ2n) is 4.07. The summed E-state index contributed by atoms with van der Waals surface area (Å²) in [4.78, 5) is 21.0. The fourth-order valence-corrected chi connectivity index (χ4v) is 3.25. The van der Waals surface area contributed by atoms with Gasteiger partial charge in [0.2, 0.25) is 11.8 Å². The Balaban J connectivity index is 1.88. The lowest BCUT2D eigenvalue weighted by Gasteiger charge is -1.97. The van der Waals surface area contributed by atoms with Crippen molar-refractivity contribution in [3.63, 3.8) is 0 Å². The fourth-order valence-electron chi connectivity index (χ4n) is 1.70. The summed E-state index contributed by atoms with van der Waals surface area (Å²) in [7, 11) is 1.55. The normalized spacial score (nSPS) is 16.0. The number of thiophene rings is 1. The lowest BCUT2D eigenvalue weighted by molar-refractivity contribution is -0.129. The largest absolute Gasteiger partial charge is 0.481 e. The minimum Gasteiger partial charge on any atom is -0.481 e. The first-order valence-electron chi connectivity index (χ1n) is 5.94. The average Bonchev–Trinajstić information content (AvgIpc) is 3.07. The Morgan fingerprint density at radius 2 is 2.19 bits per heavy atom. The summed E-state index contributed by atoms with van der Waals surface area (Å²) in [5.74, 6) is 0.411. The van der Waals surface area contributed by atoms with Crippen LogP contribution in [0.5, 0.6) is 5.88 Å². The Morgan fingerprint density at radius 1 is 1.33 bits per heavy atom. The first-order chi connectivity index (χ1) is 10.2. The Kier molecular flexibility index (Phi) is 4.02. The summed E-state index contributed by atoms with van der Waals surface area (Å²) < 4.78 is 11.3. The standard InChI is InChI=1S/C14H9IN2O3S/c1-19-12-5-2-8(7-16-12)6-9-14(18)20-13(17-9)10-3-4-11(15)21-10/h2-7H,1H3/b9-6+. The molecule has 0 aromatic carbocycles. The van der Waals surface area contributed by atoms with E-state index in [1.807, 2.05) is 12.1 Å². The van der Waals surface area contributed by atoms with Crippen molar-refractivity contribution in [2.75, 3.05) is 7.11 Å². The van der Waals surface area contributed by atoms with E-state index in [2.05, 4.69) is 32.6 Å². The molecular formula is C14H9IN2O3S. The first kappa shape index (κ1) is 14.2. The van der Waals surface area contributed by atoms with E-state index in [1.165, 1.54) is 11.3 Å². The molecule has 0 amide bonds. The van der Waals surface area contributed by atoms with Crippen LogP contribution in [0.2, 0.25) is 0 Å². The number of hydrogen-bond acceptors (Lipinski definition) is 6. The van der Waals surface area contributed by atoms with Crippen LogP contribution in [0.15, 0.2) is 41.2 Å². The van der Waals surface area contributed by atoms with Gasteiger partial charge in [0.25, 0.3) is 0 Å². The van der Waals surface area contributed by atoms with Gasteiger partial charge in [0.15, 0.2) is 5.70 Å². The Labute approximate surface area is 138 Å². The number of aromatic nitrogens is 1. The molecule has 5 nitrogen and oxygen atoms in total. The van der Waals surface area contributed by atoms with E-state index in [1.54, 1.807) is 31.5 Å². The molecule has 3 rings (SSSR count). The maximum absolute atomic E-state index is 11.8. The van der Waals surface area contributed by atoms with Crippen LogP contribution >= 0.6 is 33.9 Å². The molecule has 106 valence electrons. The highest BCUT2D eigenvalue weighted by molar-refractivity contribution is 14.1. The van der Waals surface area contributed by atoms with E-state index in [9.17, 15) is 4.79 Å². The molecule has 2 aromatic heterocycles.